The number of piperazine rings is 1. The molecule has 0 bridgehead atoms. The number of anilines is 3. The van der Waals surface area contributed by atoms with Crippen LogP contribution >= 0.6 is 11.6 Å². The van der Waals surface area contributed by atoms with Gasteiger partial charge in [0.2, 0.25) is 11.8 Å². The van der Waals surface area contributed by atoms with Crippen LogP contribution in [0.1, 0.15) is 71.0 Å². The molecule has 13 nitrogen and oxygen atoms in total. The van der Waals surface area contributed by atoms with Gasteiger partial charge in [-0.15, -0.1) is 0 Å². The van der Waals surface area contributed by atoms with Crippen LogP contribution in [0.5, 0.6) is 0 Å². The molecule has 296 valence electrons. The van der Waals surface area contributed by atoms with Crippen molar-refractivity contribution in [3.8, 4) is 6.07 Å². The molecule has 57 heavy (non-hydrogen) atoms. The largest absolute Gasteiger partial charge is 0.370 e. The molecule has 1 aromatic heterocycles. The number of hydrogen-bond donors (Lipinski definition) is 1. The number of nitrogens with zero attached hydrogens (tertiary/aromatic N) is 8. The number of likely N-dealkylation sites (tertiary alicyclic amines) is 1. The number of halogens is 2. The summed E-state index contributed by atoms with van der Waals surface area (Å²) >= 11 is 6.37. The maximum absolute atomic E-state index is 15.4. The van der Waals surface area contributed by atoms with E-state index in [4.69, 9.17) is 16.6 Å². The van der Waals surface area contributed by atoms with Crippen LogP contribution in [0.15, 0.2) is 48.7 Å². The van der Waals surface area contributed by atoms with E-state index in [1.165, 1.54) is 6.07 Å². The number of imide groups is 2. The molecule has 5 saturated heterocycles. The summed E-state index contributed by atoms with van der Waals surface area (Å²) in [6.07, 6.45) is 5.48. The van der Waals surface area contributed by atoms with Gasteiger partial charge in [0, 0.05) is 89.6 Å². The molecule has 2 atom stereocenters. The van der Waals surface area contributed by atoms with E-state index in [-0.39, 0.29) is 35.1 Å². The molecular formula is C42H45ClFN9O4. The van der Waals surface area contributed by atoms with Gasteiger partial charge >= 0.3 is 0 Å². The average Bonchev–Trinajstić information content (AvgIpc) is 3.63. The highest BCUT2D eigenvalue weighted by atomic mass is 35.5. The van der Waals surface area contributed by atoms with Crippen molar-refractivity contribution < 1.29 is 23.6 Å². The van der Waals surface area contributed by atoms with Crippen molar-refractivity contribution in [3.05, 3.63) is 81.9 Å². The van der Waals surface area contributed by atoms with Crippen molar-refractivity contribution in [1.82, 2.24) is 25.0 Å². The molecule has 0 saturated carbocycles. The topological polar surface area (TPSA) is 136 Å². The van der Waals surface area contributed by atoms with E-state index in [9.17, 15) is 24.4 Å². The Labute approximate surface area is 335 Å². The molecule has 7 heterocycles. The van der Waals surface area contributed by atoms with Crippen LogP contribution in [0.3, 0.4) is 0 Å². The number of nitrogens with one attached hydrogen (secondary N) is 1. The highest BCUT2D eigenvalue weighted by Crippen LogP contribution is 2.46. The van der Waals surface area contributed by atoms with E-state index in [1.54, 1.807) is 0 Å². The Morgan fingerprint density at radius 1 is 0.930 bits per heavy atom. The molecule has 1 N–H and O–H groups in total. The number of nitriles is 1. The lowest BCUT2D eigenvalue weighted by molar-refractivity contribution is -0.136. The SMILES string of the molecule is C[C@H]1CC2(CCN(c3ccc(CN4CC(N5CCN(c6cc7c(cc6F)C(=O)N(C6CCC(=O)NC6=O)C7=O)CC5)C4)nc3)CC2)CN1c1ccc(C#N)c(Cl)c1. The quantitative estimate of drug-likeness (QED) is 0.348. The molecule has 4 amide bonds. The zero-order chi connectivity index (χ0) is 39.6. The smallest absolute Gasteiger partial charge is 0.262 e. The predicted octanol–water partition coefficient (Wildman–Crippen LogP) is 4.04. The molecule has 1 spiro atoms. The first-order valence-corrected chi connectivity index (χ1v) is 20.3. The van der Waals surface area contributed by atoms with Gasteiger partial charge < -0.3 is 14.7 Å². The Hall–Kier alpha value is -5.10. The molecule has 1 unspecified atom stereocenters. The van der Waals surface area contributed by atoms with Gasteiger partial charge in [-0.2, -0.15) is 5.26 Å². The first kappa shape index (κ1) is 37.5. The van der Waals surface area contributed by atoms with E-state index >= 15 is 4.39 Å². The summed E-state index contributed by atoms with van der Waals surface area (Å²) < 4.78 is 15.4. The fraction of sp³-hybridized carbons (Fsp3) is 0.476. The van der Waals surface area contributed by atoms with Crippen LogP contribution < -0.4 is 20.0 Å². The summed E-state index contributed by atoms with van der Waals surface area (Å²) in [6.45, 7) is 10.6. The van der Waals surface area contributed by atoms with Gasteiger partial charge in [-0.3, -0.25) is 44.2 Å². The number of carbonyl (C=O) groups excluding carboxylic acids is 4. The molecule has 0 radical (unpaired) electrons. The standard InChI is InChI=1S/C42H45ClFN9O4/c1-26-19-42(25-52(26)29-4-2-27(20-45)34(43)16-29)8-10-49(11-9-42)30-5-3-28(46-21-30)22-48-23-31(24-48)50-12-14-51(15-13-50)37-18-33-32(17-35(37)44)40(56)53(41(33)57)36-6-7-38(54)47-39(36)55/h2-5,16-18,21,26,31,36H,6-15,19,22-25H2,1H3,(H,47,54,55)/t26-,36?/m0/s1. The molecule has 6 aliphatic rings. The first-order chi connectivity index (χ1) is 27.5. The van der Waals surface area contributed by atoms with E-state index in [2.05, 4.69) is 50.0 Å². The zero-order valence-electron chi connectivity index (χ0n) is 31.9. The van der Waals surface area contributed by atoms with Gasteiger partial charge in [0.05, 0.1) is 45.0 Å². The fourth-order valence-corrected chi connectivity index (χ4v) is 10.1. The Morgan fingerprint density at radius 3 is 2.32 bits per heavy atom. The van der Waals surface area contributed by atoms with Gasteiger partial charge in [-0.1, -0.05) is 11.6 Å². The monoisotopic (exact) mass is 793 g/mol. The van der Waals surface area contributed by atoms with Crippen LogP contribution in [0.25, 0.3) is 0 Å². The van der Waals surface area contributed by atoms with Crippen molar-refractivity contribution >= 4 is 52.3 Å². The Bertz CT molecular complexity index is 2170. The van der Waals surface area contributed by atoms with Crippen molar-refractivity contribution in [3.63, 3.8) is 0 Å². The summed E-state index contributed by atoms with van der Waals surface area (Å²) in [7, 11) is 0. The molecule has 3 aromatic rings. The van der Waals surface area contributed by atoms with Gasteiger partial charge in [0.1, 0.15) is 17.9 Å². The molecule has 15 heteroatoms. The highest BCUT2D eigenvalue weighted by molar-refractivity contribution is 6.32. The summed E-state index contributed by atoms with van der Waals surface area (Å²) in [4.78, 5) is 67.8. The second kappa shape index (κ2) is 14.7. The second-order valence-electron chi connectivity index (χ2n) is 16.6. The lowest BCUT2D eigenvalue weighted by Gasteiger charge is -2.48. The van der Waals surface area contributed by atoms with Crippen molar-refractivity contribution in [1.29, 1.82) is 5.26 Å². The molecule has 2 aromatic carbocycles. The van der Waals surface area contributed by atoms with Gasteiger partial charge in [0.25, 0.3) is 11.8 Å². The van der Waals surface area contributed by atoms with Gasteiger partial charge in [-0.25, -0.2) is 4.39 Å². The van der Waals surface area contributed by atoms with Crippen LogP contribution in [0, 0.1) is 22.6 Å². The summed E-state index contributed by atoms with van der Waals surface area (Å²) in [5.74, 6) is -3.06. The van der Waals surface area contributed by atoms with Crippen LogP contribution in [0.2, 0.25) is 5.02 Å². The van der Waals surface area contributed by atoms with Gasteiger partial charge in [0.15, 0.2) is 0 Å². The second-order valence-corrected chi connectivity index (χ2v) is 17.0. The normalized spacial score (nSPS) is 24.2. The number of benzene rings is 2. The van der Waals surface area contributed by atoms with Crippen molar-refractivity contribution in [2.24, 2.45) is 5.41 Å². The third kappa shape index (κ3) is 6.89. The van der Waals surface area contributed by atoms with Crippen molar-refractivity contribution in [2.75, 3.05) is 73.6 Å². The van der Waals surface area contributed by atoms with Gasteiger partial charge in [-0.05, 0) is 80.5 Å². The summed E-state index contributed by atoms with van der Waals surface area (Å²) in [6, 6.07) is 14.6. The molecule has 0 aliphatic carbocycles. The zero-order valence-corrected chi connectivity index (χ0v) is 32.7. The molecule has 5 fully saturated rings. The number of fused-ring (bicyclic) bond motifs is 1. The average molecular weight is 794 g/mol. The van der Waals surface area contributed by atoms with Crippen LogP contribution in [0.4, 0.5) is 21.5 Å². The maximum Gasteiger partial charge on any atom is 0.262 e. The highest BCUT2D eigenvalue weighted by Gasteiger charge is 2.46. The number of carbonyl (C=O) groups is 4. The summed E-state index contributed by atoms with van der Waals surface area (Å²) in [5.41, 5.74) is 4.39. The van der Waals surface area contributed by atoms with E-state index in [0.717, 1.165) is 99.7 Å². The minimum absolute atomic E-state index is 0.0254. The predicted molar refractivity (Wildman–Crippen MR) is 212 cm³/mol. The summed E-state index contributed by atoms with van der Waals surface area (Å²) in [5, 5.41) is 12.0. The molecule has 9 rings (SSSR count). The first-order valence-electron chi connectivity index (χ1n) is 19.9. The fourth-order valence-electron chi connectivity index (χ4n) is 9.92. The Morgan fingerprint density at radius 2 is 1.65 bits per heavy atom. The van der Waals surface area contributed by atoms with E-state index in [0.29, 0.717) is 35.8 Å². The number of hydrogen-bond acceptors (Lipinski definition) is 11. The van der Waals surface area contributed by atoms with Crippen molar-refractivity contribution in [2.45, 2.75) is 63.7 Å². The lowest BCUT2D eigenvalue weighted by Crippen LogP contribution is -2.62. The third-order valence-corrected chi connectivity index (χ3v) is 13.5. The van der Waals surface area contributed by atoms with Crippen LogP contribution in [-0.4, -0.2) is 120 Å². The van der Waals surface area contributed by atoms with E-state index < -0.39 is 35.5 Å². The number of rotatable bonds is 7. The number of aromatic nitrogens is 1. The molecule has 6 aliphatic heterocycles. The van der Waals surface area contributed by atoms with Crippen LogP contribution in [-0.2, 0) is 16.1 Å². The Balaban J connectivity index is 0.734. The minimum Gasteiger partial charge on any atom is -0.370 e. The molecular weight excluding hydrogens is 749 g/mol. The third-order valence-electron chi connectivity index (χ3n) is 13.2. The number of pyridine rings is 1. The number of amides is 4. The maximum atomic E-state index is 15.4. The Kier molecular flexibility index (Phi) is 9.66. The minimum atomic E-state index is -1.09. The lowest BCUT2D eigenvalue weighted by atomic mass is 9.76. The van der Waals surface area contributed by atoms with E-state index in [1.807, 2.05) is 29.3 Å². The number of piperidine rings is 2.